The number of sulfonamides is 1. The second-order valence-electron chi connectivity index (χ2n) is 4.71. The molecule has 0 aromatic heterocycles. The Hall–Kier alpha value is -0.890. The van der Waals surface area contributed by atoms with Crippen molar-refractivity contribution in [1.29, 1.82) is 0 Å². The van der Waals surface area contributed by atoms with E-state index < -0.39 is 37.6 Å². The predicted molar refractivity (Wildman–Crippen MR) is 75.5 cm³/mol. The number of carboxylic acids is 1. The molecule has 0 amide bonds. The third-order valence-electron chi connectivity index (χ3n) is 3.35. The van der Waals surface area contributed by atoms with E-state index in [9.17, 15) is 17.6 Å². The van der Waals surface area contributed by atoms with Crippen LogP contribution in [-0.2, 0) is 14.8 Å². The van der Waals surface area contributed by atoms with E-state index in [2.05, 4.69) is 0 Å². The van der Waals surface area contributed by atoms with Crippen molar-refractivity contribution in [3.8, 4) is 0 Å². The Morgan fingerprint density at radius 3 is 2.67 bits per heavy atom. The maximum atomic E-state index is 13.7. The highest BCUT2D eigenvalue weighted by Crippen LogP contribution is 2.32. The molecule has 116 valence electrons. The summed E-state index contributed by atoms with van der Waals surface area (Å²) in [7, 11) is -4.06. The van der Waals surface area contributed by atoms with Gasteiger partial charge in [0, 0.05) is 13.1 Å². The van der Waals surface area contributed by atoms with Gasteiger partial charge in [0.05, 0.1) is 16.0 Å². The van der Waals surface area contributed by atoms with E-state index >= 15 is 0 Å². The van der Waals surface area contributed by atoms with Crippen molar-refractivity contribution in [2.45, 2.75) is 17.7 Å². The number of hydrogen-bond acceptors (Lipinski definition) is 3. The lowest BCUT2D eigenvalue weighted by Gasteiger charge is -2.30. The van der Waals surface area contributed by atoms with Crippen LogP contribution in [-0.4, -0.2) is 36.9 Å². The second-order valence-corrected chi connectivity index (χ2v) is 7.41. The highest BCUT2D eigenvalue weighted by Gasteiger charge is 2.35. The molecule has 1 saturated heterocycles. The van der Waals surface area contributed by atoms with Crippen molar-refractivity contribution >= 4 is 39.2 Å². The molecule has 0 aliphatic carbocycles. The Balaban J connectivity index is 2.38. The molecule has 0 radical (unpaired) electrons. The molecule has 9 heteroatoms. The number of hydrogen-bond donors (Lipinski definition) is 1. The summed E-state index contributed by atoms with van der Waals surface area (Å²) >= 11 is 11.3. The van der Waals surface area contributed by atoms with E-state index in [0.29, 0.717) is 12.8 Å². The van der Waals surface area contributed by atoms with Crippen LogP contribution in [0.4, 0.5) is 4.39 Å². The standard InChI is InChI=1S/C12H12Cl2FNO4S/c13-8-3-4-9(10(14)11(8)15)21(19,20)16-5-1-2-7(6-16)12(17)18/h3-4,7H,1-2,5-6H2,(H,17,18). The summed E-state index contributed by atoms with van der Waals surface area (Å²) in [6, 6.07) is 2.22. The molecule has 21 heavy (non-hydrogen) atoms. The van der Waals surface area contributed by atoms with Gasteiger partial charge in [-0.25, -0.2) is 12.8 Å². The minimum atomic E-state index is -4.06. The Bertz CT molecular complexity index is 680. The number of nitrogens with zero attached hydrogens (tertiary/aromatic N) is 1. The van der Waals surface area contributed by atoms with E-state index in [1.807, 2.05) is 0 Å². The fraction of sp³-hybridized carbons (Fsp3) is 0.417. The molecule has 1 aromatic carbocycles. The topological polar surface area (TPSA) is 74.7 Å². The molecule has 1 atom stereocenters. The number of halogens is 3. The van der Waals surface area contributed by atoms with Gasteiger partial charge < -0.3 is 5.11 Å². The minimum absolute atomic E-state index is 0.155. The average Bonchev–Trinajstić information content (AvgIpc) is 2.44. The average molecular weight is 356 g/mol. The molecule has 1 heterocycles. The molecule has 5 nitrogen and oxygen atoms in total. The van der Waals surface area contributed by atoms with Crippen molar-refractivity contribution in [2.24, 2.45) is 5.92 Å². The Kier molecular flexibility index (Phi) is 4.77. The van der Waals surface area contributed by atoms with Gasteiger partial charge in [0.15, 0.2) is 5.82 Å². The van der Waals surface area contributed by atoms with E-state index in [0.717, 1.165) is 16.4 Å². The largest absolute Gasteiger partial charge is 0.481 e. The fourth-order valence-corrected chi connectivity index (χ4v) is 4.45. The minimum Gasteiger partial charge on any atom is -0.481 e. The first-order valence-electron chi connectivity index (χ1n) is 6.11. The number of benzene rings is 1. The molecule has 0 bridgehead atoms. The van der Waals surface area contributed by atoms with Crippen LogP contribution in [0.1, 0.15) is 12.8 Å². The molecule has 1 aliphatic heterocycles. The van der Waals surface area contributed by atoms with Crippen LogP contribution in [0.25, 0.3) is 0 Å². The SMILES string of the molecule is O=C(O)C1CCCN(S(=O)(=O)c2ccc(Cl)c(F)c2Cl)C1. The summed E-state index contributed by atoms with van der Waals surface area (Å²) in [6.45, 7) is 0.0188. The highest BCUT2D eigenvalue weighted by atomic mass is 35.5. The summed E-state index contributed by atoms with van der Waals surface area (Å²) < 4.78 is 39.6. The molecule has 1 aromatic rings. The lowest BCUT2D eigenvalue weighted by atomic mass is 10.0. The third kappa shape index (κ3) is 3.15. The quantitative estimate of drug-likeness (QED) is 0.845. The van der Waals surface area contributed by atoms with Crippen molar-refractivity contribution in [3.63, 3.8) is 0 Å². The van der Waals surface area contributed by atoms with Crippen molar-refractivity contribution in [1.82, 2.24) is 4.31 Å². The summed E-state index contributed by atoms with van der Waals surface area (Å²) in [6.07, 6.45) is 0.827. The second kappa shape index (κ2) is 6.08. The first kappa shape index (κ1) is 16.5. The first-order chi connectivity index (χ1) is 9.75. The zero-order valence-electron chi connectivity index (χ0n) is 10.7. The van der Waals surface area contributed by atoms with E-state index in [4.69, 9.17) is 28.3 Å². The maximum absolute atomic E-state index is 13.7. The van der Waals surface area contributed by atoms with Gasteiger partial charge in [0.1, 0.15) is 4.90 Å². The van der Waals surface area contributed by atoms with Gasteiger partial charge in [0.2, 0.25) is 10.0 Å². The van der Waals surface area contributed by atoms with Gasteiger partial charge in [-0.2, -0.15) is 4.31 Å². The lowest BCUT2D eigenvalue weighted by Crippen LogP contribution is -2.42. The Labute approximate surface area is 131 Å². The van der Waals surface area contributed by atoms with Crippen LogP contribution in [0.3, 0.4) is 0 Å². The first-order valence-corrected chi connectivity index (χ1v) is 8.31. The van der Waals surface area contributed by atoms with E-state index in [1.54, 1.807) is 0 Å². The Morgan fingerprint density at radius 2 is 2.05 bits per heavy atom. The summed E-state index contributed by atoms with van der Waals surface area (Å²) in [5, 5.41) is 8.14. The van der Waals surface area contributed by atoms with Gasteiger partial charge in [-0.1, -0.05) is 23.2 Å². The van der Waals surface area contributed by atoms with Gasteiger partial charge in [-0.3, -0.25) is 4.79 Å². The van der Waals surface area contributed by atoms with Crippen LogP contribution in [0, 0.1) is 11.7 Å². The Morgan fingerprint density at radius 1 is 1.38 bits per heavy atom. The number of piperidine rings is 1. The molecular formula is C12H12Cl2FNO4S. The van der Waals surface area contributed by atoms with E-state index in [-0.39, 0.29) is 18.1 Å². The van der Waals surface area contributed by atoms with Crippen molar-refractivity contribution in [2.75, 3.05) is 13.1 Å². The molecular weight excluding hydrogens is 344 g/mol. The van der Waals surface area contributed by atoms with Gasteiger partial charge in [0.25, 0.3) is 0 Å². The van der Waals surface area contributed by atoms with Crippen molar-refractivity contribution < 1.29 is 22.7 Å². The molecule has 0 spiro atoms. The normalized spacial score (nSPS) is 20.4. The van der Waals surface area contributed by atoms with Crippen LogP contribution < -0.4 is 0 Å². The summed E-state index contributed by atoms with van der Waals surface area (Å²) in [5.74, 6) is -2.83. The monoisotopic (exact) mass is 355 g/mol. The fourth-order valence-electron chi connectivity index (χ4n) is 2.21. The number of aliphatic carboxylic acids is 1. The zero-order chi connectivity index (χ0) is 15.8. The van der Waals surface area contributed by atoms with Gasteiger partial charge >= 0.3 is 5.97 Å². The third-order valence-corrected chi connectivity index (χ3v) is 6.03. The van der Waals surface area contributed by atoms with Gasteiger partial charge in [-0.15, -0.1) is 0 Å². The molecule has 0 saturated carbocycles. The highest BCUT2D eigenvalue weighted by molar-refractivity contribution is 7.89. The molecule has 1 N–H and O–H groups in total. The van der Waals surface area contributed by atoms with Crippen LogP contribution >= 0.6 is 23.2 Å². The summed E-state index contributed by atoms with van der Waals surface area (Å²) in [5.41, 5.74) is 0. The summed E-state index contributed by atoms with van der Waals surface area (Å²) in [4.78, 5) is 10.6. The molecule has 1 unspecified atom stereocenters. The number of carboxylic acid groups (broad SMARTS) is 1. The van der Waals surface area contributed by atoms with Crippen LogP contribution in [0.5, 0.6) is 0 Å². The zero-order valence-corrected chi connectivity index (χ0v) is 13.1. The predicted octanol–water partition coefficient (Wildman–Crippen LogP) is 2.62. The van der Waals surface area contributed by atoms with E-state index in [1.165, 1.54) is 0 Å². The maximum Gasteiger partial charge on any atom is 0.307 e. The van der Waals surface area contributed by atoms with Crippen LogP contribution in [0.2, 0.25) is 10.0 Å². The number of carbonyl (C=O) groups is 1. The molecule has 1 aliphatic rings. The smallest absolute Gasteiger partial charge is 0.307 e. The molecule has 1 fully saturated rings. The van der Waals surface area contributed by atoms with Crippen LogP contribution in [0.15, 0.2) is 17.0 Å². The molecule has 2 rings (SSSR count). The van der Waals surface area contributed by atoms with Gasteiger partial charge in [-0.05, 0) is 25.0 Å². The number of rotatable bonds is 3. The lowest BCUT2D eigenvalue weighted by molar-refractivity contribution is -0.142. The van der Waals surface area contributed by atoms with Crippen molar-refractivity contribution in [3.05, 3.63) is 28.0 Å².